The minimum Gasteiger partial charge on any atom is -0.497 e. The molecule has 88 valence electrons. The van der Waals surface area contributed by atoms with Gasteiger partial charge in [-0.05, 0) is 25.3 Å². The van der Waals surface area contributed by atoms with E-state index in [0.717, 1.165) is 11.6 Å². The van der Waals surface area contributed by atoms with E-state index in [4.69, 9.17) is 4.74 Å². The normalized spacial score (nSPS) is 16.9. The Kier molecular flexibility index (Phi) is 3.32. The molecule has 0 bridgehead atoms. The molecule has 1 aliphatic rings. The number of hydrogen-bond donors (Lipinski definition) is 1. The van der Waals surface area contributed by atoms with Crippen LogP contribution in [0.2, 0.25) is 0 Å². The Morgan fingerprint density at radius 1 is 1.44 bits per heavy atom. The molecule has 1 atom stereocenters. The van der Waals surface area contributed by atoms with Crippen molar-refractivity contribution in [2.45, 2.75) is 32.2 Å². The minimum absolute atomic E-state index is 0.263. The van der Waals surface area contributed by atoms with Crippen molar-refractivity contribution < 1.29 is 9.13 Å². The van der Waals surface area contributed by atoms with E-state index >= 15 is 0 Å². The summed E-state index contributed by atoms with van der Waals surface area (Å²) in [6.45, 7) is 2.13. The van der Waals surface area contributed by atoms with Gasteiger partial charge in [0.15, 0.2) is 0 Å². The molecule has 1 aliphatic carbocycles. The Balaban J connectivity index is 1.98. The molecule has 0 spiro atoms. The lowest BCUT2D eigenvalue weighted by Crippen LogP contribution is -2.15. The summed E-state index contributed by atoms with van der Waals surface area (Å²) in [6.07, 6.45) is 3.86. The van der Waals surface area contributed by atoms with E-state index in [1.54, 1.807) is 7.11 Å². The van der Waals surface area contributed by atoms with Gasteiger partial charge in [0.2, 0.25) is 0 Å². The van der Waals surface area contributed by atoms with Crippen molar-refractivity contribution in [3.63, 3.8) is 0 Å². The molecule has 1 fully saturated rings. The highest BCUT2D eigenvalue weighted by Gasteiger charge is 2.23. The van der Waals surface area contributed by atoms with E-state index in [9.17, 15) is 4.39 Å². The van der Waals surface area contributed by atoms with Crippen LogP contribution in [0.5, 0.6) is 5.75 Å². The predicted octanol–water partition coefficient (Wildman–Crippen LogP) is 3.43. The molecular formula is C13H18FNO. The standard InChI is InChI=1S/C13H18FNO/c1-9(5-10-3-4-10)15-12-6-11(14)7-13(8-12)16-2/h6-10,15H,3-5H2,1-2H3. The number of rotatable bonds is 5. The molecule has 0 aliphatic heterocycles. The molecule has 0 radical (unpaired) electrons. The number of benzene rings is 1. The highest BCUT2D eigenvalue weighted by Crippen LogP contribution is 2.34. The summed E-state index contributed by atoms with van der Waals surface area (Å²) >= 11 is 0. The molecule has 16 heavy (non-hydrogen) atoms. The number of hydrogen-bond acceptors (Lipinski definition) is 2. The van der Waals surface area contributed by atoms with Crippen LogP contribution in [0.3, 0.4) is 0 Å². The SMILES string of the molecule is COc1cc(F)cc(NC(C)CC2CC2)c1. The molecule has 1 saturated carbocycles. The van der Waals surface area contributed by atoms with Crippen LogP contribution >= 0.6 is 0 Å². The molecule has 0 amide bonds. The second-order valence-corrected chi connectivity index (χ2v) is 4.60. The fourth-order valence-electron chi connectivity index (χ4n) is 1.96. The van der Waals surface area contributed by atoms with Crippen molar-refractivity contribution in [3.05, 3.63) is 24.0 Å². The summed E-state index contributed by atoms with van der Waals surface area (Å²) in [4.78, 5) is 0. The third-order valence-electron chi connectivity index (χ3n) is 2.90. The van der Waals surface area contributed by atoms with Crippen molar-refractivity contribution in [2.24, 2.45) is 5.92 Å². The molecule has 1 aromatic carbocycles. The van der Waals surface area contributed by atoms with Crippen LogP contribution in [0.4, 0.5) is 10.1 Å². The van der Waals surface area contributed by atoms with Crippen molar-refractivity contribution in [3.8, 4) is 5.75 Å². The maximum absolute atomic E-state index is 13.2. The maximum atomic E-state index is 13.2. The lowest BCUT2D eigenvalue weighted by molar-refractivity contribution is 0.411. The van der Waals surface area contributed by atoms with Gasteiger partial charge in [0.25, 0.3) is 0 Å². The van der Waals surface area contributed by atoms with Crippen LogP contribution in [0.1, 0.15) is 26.2 Å². The van der Waals surface area contributed by atoms with Gasteiger partial charge in [0, 0.05) is 23.9 Å². The molecule has 0 saturated heterocycles. The molecule has 3 heteroatoms. The summed E-state index contributed by atoms with van der Waals surface area (Å²) in [6, 6.07) is 5.11. The zero-order valence-corrected chi connectivity index (χ0v) is 9.79. The number of methoxy groups -OCH3 is 1. The minimum atomic E-state index is -0.263. The van der Waals surface area contributed by atoms with Gasteiger partial charge in [0.1, 0.15) is 11.6 Å². The van der Waals surface area contributed by atoms with Gasteiger partial charge in [-0.25, -0.2) is 4.39 Å². The number of nitrogens with one attached hydrogen (secondary N) is 1. The first-order chi connectivity index (χ1) is 7.67. The average molecular weight is 223 g/mol. The molecule has 1 N–H and O–H groups in total. The zero-order valence-electron chi connectivity index (χ0n) is 9.79. The smallest absolute Gasteiger partial charge is 0.128 e. The summed E-state index contributed by atoms with van der Waals surface area (Å²) in [7, 11) is 1.55. The Labute approximate surface area is 95.8 Å². The fraction of sp³-hybridized carbons (Fsp3) is 0.538. The first-order valence-corrected chi connectivity index (χ1v) is 5.78. The third-order valence-corrected chi connectivity index (χ3v) is 2.90. The van der Waals surface area contributed by atoms with E-state index in [-0.39, 0.29) is 5.82 Å². The van der Waals surface area contributed by atoms with Gasteiger partial charge in [-0.3, -0.25) is 0 Å². The first kappa shape index (κ1) is 11.2. The van der Waals surface area contributed by atoms with Crippen molar-refractivity contribution >= 4 is 5.69 Å². The van der Waals surface area contributed by atoms with Crippen molar-refractivity contribution in [2.75, 3.05) is 12.4 Å². The topological polar surface area (TPSA) is 21.3 Å². The highest BCUT2D eigenvalue weighted by molar-refractivity contribution is 5.49. The van der Waals surface area contributed by atoms with Gasteiger partial charge in [-0.15, -0.1) is 0 Å². The number of ether oxygens (including phenoxy) is 1. The zero-order chi connectivity index (χ0) is 11.5. The van der Waals surface area contributed by atoms with E-state index in [0.29, 0.717) is 11.8 Å². The van der Waals surface area contributed by atoms with E-state index in [2.05, 4.69) is 12.2 Å². The van der Waals surface area contributed by atoms with E-state index < -0.39 is 0 Å². The van der Waals surface area contributed by atoms with Crippen LogP contribution in [0.25, 0.3) is 0 Å². The molecule has 0 heterocycles. The molecule has 1 aromatic rings. The van der Waals surface area contributed by atoms with Crippen LogP contribution in [0, 0.1) is 11.7 Å². The highest BCUT2D eigenvalue weighted by atomic mass is 19.1. The second-order valence-electron chi connectivity index (χ2n) is 4.60. The quantitative estimate of drug-likeness (QED) is 0.825. The summed E-state index contributed by atoms with van der Waals surface area (Å²) in [5, 5.41) is 3.31. The Morgan fingerprint density at radius 2 is 2.19 bits per heavy atom. The number of halogens is 1. The lowest BCUT2D eigenvalue weighted by Gasteiger charge is -2.15. The monoisotopic (exact) mass is 223 g/mol. The first-order valence-electron chi connectivity index (χ1n) is 5.78. The van der Waals surface area contributed by atoms with Crippen LogP contribution < -0.4 is 10.1 Å². The molecular weight excluding hydrogens is 205 g/mol. The maximum Gasteiger partial charge on any atom is 0.128 e. The fourth-order valence-corrected chi connectivity index (χ4v) is 1.96. The summed E-state index contributed by atoms with van der Waals surface area (Å²) in [5.41, 5.74) is 0.796. The molecule has 2 nitrogen and oxygen atoms in total. The molecule has 0 aromatic heterocycles. The van der Waals surface area contributed by atoms with Gasteiger partial charge >= 0.3 is 0 Å². The summed E-state index contributed by atoms with van der Waals surface area (Å²) < 4.78 is 18.3. The number of anilines is 1. The van der Waals surface area contributed by atoms with Gasteiger partial charge in [-0.1, -0.05) is 12.8 Å². The van der Waals surface area contributed by atoms with Gasteiger partial charge in [0.05, 0.1) is 7.11 Å². The van der Waals surface area contributed by atoms with Gasteiger partial charge < -0.3 is 10.1 Å². The Morgan fingerprint density at radius 3 is 2.81 bits per heavy atom. The largest absolute Gasteiger partial charge is 0.497 e. The summed E-state index contributed by atoms with van der Waals surface area (Å²) in [5.74, 6) is 1.17. The van der Waals surface area contributed by atoms with Crippen LogP contribution in [-0.4, -0.2) is 13.2 Å². The molecule has 1 unspecified atom stereocenters. The van der Waals surface area contributed by atoms with Crippen molar-refractivity contribution in [1.82, 2.24) is 0 Å². The second kappa shape index (κ2) is 4.73. The van der Waals surface area contributed by atoms with Gasteiger partial charge in [-0.2, -0.15) is 0 Å². The molecule has 2 rings (SSSR count). The Bertz CT molecular complexity index is 363. The lowest BCUT2D eigenvalue weighted by atomic mass is 10.1. The third kappa shape index (κ3) is 3.12. The van der Waals surface area contributed by atoms with E-state index in [1.807, 2.05) is 6.07 Å². The van der Waals surface area contributed by atoms with Crippen molar-refractivity contribution in [1.29, 1.82) is 0 Å². The van der Waals surface area contributed by atoms with Crippen LogP contribution in [0.15, 0.2) is 18.2 Å². The predicted molar refractivity (Wildman–Crippen MR) is 63.4 cm³/mol. The Hall–Kier alpha value is -1.25. The van der Waals surface area contributed by atoms with E-state index in [1.165, 1.54) is 31.4 Å². The average Bonchev–Trinajstić information content (AvgIpc) is 3.00. The van der Waals surface area contributed by atoms with Crippen LogP contribution in [-0.2, 0) is 0 Å².